The van der Waals surface area contributed by atoms with Crippen LogP contribution in [0.5, 0.6) is 5.75 Å². The Morgan fingerprint density at radius 1 is 1.47 bits per heavy atom. The number of amides is 1. The van der Waals surface area contributed by atoms with E-state index < -0.39 is 0 Å². The van der Waals surface area contributed by atoms with E-state index in [1.807, 2.05) is 24.3 Å². The highest BCUT2D eigenvalue weighted by Crippen LogP contribution is 2.13. The number of primary amides is 1. The summed E-state index contributed by atoms with van der Waals surface area (Å²) in [5, 5.41) is 0. The zero-order chi connectivity index (χ0) is 13.7. The van der Waals surface area contributed by atoms with E-state index >= 15 is 0 Å². The van der Waals surface area contributed by atoms with Gasteiger partial charge < -0.3 is 15.2 Å². The zero-order valence-electron chi connectivity index (χ0n) is 11.2. The molecule has 0 bridgehead atoms. The summed E-state index contributed by atoms with van der Waals surface area (Å²) < 4.78 is 10.4. The number of hydrogen-bond donors (Lipinski definition) is 1. The van der Waals surface area contributed by atoms with Crippen molar-refractivity contribution in [2.75, 3.05) is 33.4 Å². The molecule has 1 aliphatic heterocycles. The van der Waals surface area contributed by atoms with Gasteiger partial charge in [-0.1, -0.05) is 12.1 Å². The van der Waals surface area contributed by atoms with Gasteiger partial charge in [-0.3, -0.25) is 9.69 Å². The Morgan fingerprint density at radius 3 is 2.84 bits per heavy atom. The molecule has 0 aliphatic carbocycles. The first-order valence-corrected chi connectivity index (χ1v) is 6.45. The molecule has 1 fully saturated rings. The average Bonchev–Trinajstić information content (AvgIpc) is 2.46. The molecule has 0 saturated carbocycles. The number of rotatable bonds is 5. The molecule has 0 aromatic heterocycles. The predicted molar refractivity (Wildman–Crippen MR) is 72.1 cm³/mol. The van der Waals surface area contributed by atoms with Crippen LogP contribution in [0.1, 0.15) is 5.56 Å². The Labute approximate surface area is 113 Å². The van der Waals surface area contributed by atoms with Crippen LogP contribution >= 0.6 is 0 Å². The van der Waals surface area contributed by atoms with Crippen molar-refractivity contribution in [3.63, 3.8) is 0 Å². The highest BCUT2D eigenvalue weighted by molar-refractivity contribution is 5.80. The lowest BCUT2D eigenvalue weighted by molar-refractivity contribution is -0.129. The van der Waals surface area contributed by atoms with Crippen molar-refractivity contribution < 1.29 is 14.3 Å². The molecule has 0 spiro atoms. The molecule has 19 heavy (non-hydrogen) atoms. The molecule has 2 N–H and O–H groups in total. The van der Waals surface area contributed by atoms with Crippen molar-refractivity contribution in [1.29, 1.82) is 0 Å². The maximum atomic E-state index is 11.3. The van der Waals surface area contributed by atoms with E-state index in [9.17, 15) is 4.79 Å². The van der Waals surface area contributed by atoms with Gasteiger partial charge in [0.1, 0.15) is 11.8 Å². The Balaban J connectivity index is 1.90. The number of nitrogens with two attached hydrogens (primary N) is 1. The summed E-state index contributed by atoms with van der Waals surface area (Å²) in [4.78, 5) is 13.4. The van der Waals surface area contributed by atoms with E-state index in [2.05, 4.69) is 4.90 Å². The highest BCUT2D eigenvalue weighted by atomic mass is 16.5. The fourth-order valence-electron chi connectivity index (χ4n) is 2.23. The third-order valence-corrected chi connectivity index (χ3v) is 3.41. The SMILES string of the molecule is COc1ccc(CCN2CCOCC2C(N)=O)cc1. The number of benzene rings is 1. The van der Waals surface area contributed by atoms with E-state index in [1.165, 1.54) is 5.56 Å². The number of morpholine rings is 1. The number of carbonyl (C=O) groups excluding carboxylic acids is 1. The van der Waals surface area contributed by atoms with E-state index in [0.717, 1.165) is 25.3 Å². The summed E-state index contributed by atoms with van der Waals surface area (Å²) >= 11 is 0. The summed E-state index contributed by atoms with van der Waals surface area (Å²) in [7, 11) is 1.65. The lowest BCUT2D eigenvalue weighted by Crippen LogP contribution is -2.52. The van der Waals surface area contributed by atoms with E-state index in [4.69, 9.17) is 15.2 Å². The molecule has 1 aromatic carbocycles. The van der Waals surface area contributed by atoms with Gasteiger partial charge in [0.05, 0.1) is 20.3 Å². The van der Waals surface area contributed by atoms with Gasteiger partial charge in [-0.05, 0) is 24.1 Å². The summed E-state index contributed by atoms with van der Waals surface area (Å²) in [5.41, 5.74) is 6.61. The standard InChI is InChI=1S/C14H20N2O3/c1-18-12-4-2-11(3-5-12)6-7-16-8-9-19-10-13(16)14(15)17/h2-5,13H,6-10H2,1H3,(H2,15,17). The molecular weight excluding hydrogens is 244 g/mol. The Hall–Kier alpha value is -1.59. The van der Waals surface area contributed by atoms with Crippen LogP contribution in [0.2, 0.25) is 0 Å². The fourth-order valence-corrected chi connectivity index (χ4v) is 2.23. The lowest BCUT2D eigenvalue weighted by Gasteiger charge is -2.33. The number of hydrogen-bond acceptors (Lipinski definition) is 4. The van der Waals surface area contributed by atoms with Gasteiger partial charge in [0.15, 0.2) is 0 Å². The Kier molecular flexibility index (Phi) is 4.76. The molecule has 1 atom stereocenters. The van der Waals surface area contributed by atoms with Gasteiger partial charge in [0, 0.05) is 13.1 Å². The summed E-state index contributed by atoms with van der Waals surface area (Å²) in [5.74, 6) is 0.541. The minimum atomic E-state index is -0.311. The topological polar surface area (TPSA) is 64.8 Å². The maximum absolute atomic E-state index is 11.3. The summed E-state index contributed by atoms with van der Waals surface area (Å²) in [6.45, 7) is 2.62. The second kappa shape index (κ2) is 6.54. The van der Waals surface area contributed by atoms with Crippen molar-refractivity contribution >= 4 is 5.91 Å². The van der Waals surface area contributed by atoms with E-state index in [-0.39, 0.29) is 11.9 Å². The molecule has 0 radical (unpaired) electrons. The Bertz CT molecular complexity index is 419. The van der Waals surface area contributed by atoms with Crippen LogP contribution in [-0.2, 0) is 16.0 Å². The molecule has 1 saturated heterocycles. The molecule has 2 rings (SSSR count). The normalized spacial score (nSPS) is 20.2. The van der Waals surface area contributed by atoms with E-state index in [0.29, 0.717) is 13.2 Å². The molecule has 1 aliphatic rings. The van der Waals surface area contributed by atoms with Crippen LogP contribution in [0.15, 0.2) is 24.3 Å². The monoisotopic (exact) mass is 264 g/mol. The van der Waals surface area contributed by atoms with Crippen LogP contribution in [0.4, 0.5) is 0 Å². The van der Waals surface area contributed by atoms with Gasteiger partial charge in [-0.25, -0.2) is 0 Å². The minimum absolute atomic E-state index is 0.299. The molecular formula is C14H20N2O3. The van der Waals surface area contributed by atoms with Crippen LogP contribution in [-0.4, -0.2) is 50.3 Å². The third kappa shape index (κ3) is 3.68. The highest BCUT2D eigenvalue weighted by Gasteiger charge is 2.26. The van der Waals surface area contributed by atoms with Gasteiger partial charge in [-0.15, -0.1) is 0 Å². The van der Waals surface area contributed by atoms with Gasteiger partial charge in [0.2, 0.25) is 5.91 Å². The molecule has 1 heterocycles. The van der Waals surface area contributed by atoms with Crippen molar-refractivity contribution in [3.8, 4) is 5.75 Å². The minimum Gasteiger partial charge on any atom is -0.497 e. The molecule has 5 nitrogen and oxygen atoms in total. The number of nitrogens with zero attached hydrogens (tertiary/aromatic N) is 1. The van der Waals surface area contributed by atoms with Gasteiger partial charge in [0.25, 0.3) is 0 Å². The molecule has 1 aromatic rings. The van der Waals surface area contributed by atoms with Crippen LogP contribution in [0.3, 0.4) is 0 Å². The summed E-state index contributed by atoms with van der Waals surface area (Å²) in [6, 6.07) is 7.67. The second-order valence-corrected chi connectivity index (χ2v) is 4.63. The molecule has 1 amide bonds. The third-order valence-electron chi connectivity index (χ3n) is 3.41. The molecule has 104 valence electrons. The number of methoxy groups -OCH3 is 1. The van der Waals surface area contributed by atoms with E-state index in [1.54, 1.807) is 7.11 Å². The van der Waals surface area contributed by atoms with Gasteiger partial charge in [-0.2, -0.15) is 0 Å². The molecule has 1 unspecified atom stereocenters. The fraction of sp³-hybridized carbons (Fsp3) is 0.500. The van der Waals surface area contributed by atoms with Crippen LogP contribution in [0, 0.1) is 0 Å². The van der Waals surface area contributed by atoms with Gasteiger partial charge >= 0.3 is 0 Å². The van der Waals surface area contributed by atoms with Crippen LogP contribution in [0.25, 0.3) is 0 Å². The lowest BCUT2D eigenvalue weighted by atomic mass is 10.1. The smallest absolute Gasteiger partial charge is 0.237 e. The first-order chi connectivity index (χ1) is 9.20. The zero-order valence-corrected chi connectivity index (χ0v) is 11.2. The largest absolute Gasteiger partial charge is 0.497 e. The van der Waals surface area contributed by atoms with Crippen molar-refractivity contribution in [1.82, 2.24) is 4.90 Å². The number of carbonyl (C=O) groups is 1. The first kappa shape index (κ1) is 13.8. The first-order valence-electron chi connectivity index (χ1n) is 6.45. The quantitative estimate of drug-likeness (QED) is 0.837. The predicted octanol–water partition coefficient (Wildman–Crippen LogP) is 0.424. The molecule has 5 heteroatoms. The number of ether oxygens (including phenoxy) is 2. The second-order valence-electron chi connectivity index (χ2n) is 4.63. The van der Waals surface area contributed by atoms with Crippen molar-refractivity contribution in [2.24, 2.45) is 5.73 Å². The average molecular weight is 264 g/mol. The van der Waals surface area contributed by atoms with Crippen LogP contribution < -0.4 is 10.5 Å². The Morgan fingerprint density at radius 2 is 2.21 bits per heavy atom. The summed E-state index contributed by atoms with van der Waals surface area (Å²) in [6.07, 6.45) is 0.883. The van der Waals surface area contributed by atoms with Crippen molar-refractivity contribution in [2.45, 2.75) is 12.5 Å². The van der Waals surface area contributed by atoms with Crippen molar-refractivity contribution in [3.05, 3.63) is 29.8 Å². The maximum Gasteiger partial charge on any atom is 0.237 e.